The molecule has 0 atom stereocenters. The lowest BCUT2D eigenvalue weighted by atomic mass is 9.93. The number of hydrogen-bond donors (Lipinski definition) is 1. The van der Waals surface area contributed by atoms with Crippen LogP contribution in [0, 0.1) is 5.92 Å². The van der Waals surface area contributed by atoms with E-state index in [1.807, 2.05) is 42.5 Å². The van der Waals surface area contributed by atoms with E-state index in [1.165, 1.54) is 0 Å². The fraction of sp³-hybridized carbons (Fsp3) is 0. The summed E-state index contributed by atoms with van der Waals surface area (Å²) in [6.07, 6.45) is 8.84. The molecule has 0 aliphatic heterocycles. The summed E-state index contributed by atoms with van der Waals surface area (Å²) in [5.41, 5.74) is 1.72. The highest BCUT2D eigenvalue weighted by Gasteiger charge is 2.26. The minimum absolute atomic E-state index is 0.325. The molecule has 78 valence electrons. The molecule has 0 saturated heterocycles. The van der Waals surface area contributed by atoms with Crippen LogP contribution in [0.4, 0.5) is 0 Å². The van der Waals surface area contributed by atoms with Gasteiger partial charge in [0.15, 0.2) is 5.92 Å². The molecule has 2 rings (SSSR count). The van der Waals surface area contributed by atoms with Gasteiger partial charge in [-0.1, -0.05) is 18.2 Å². The Labute approximate surface area is 94.2 Å². The lowest BCUT2D eigenvalue weighted by Crippen LogP contribution is -2.11. The van der Waals surface area contributed by atoms with Crippen molar-refractivity contribution in [2.45, 2.75) is 0 Å². The molecule has 0 amide bonds. The molecular formula is C14H11O2+. The summed E-state index contributed by atoms with van der Waals surface area (Å²) in [7, 11) is 0. The van der Waals surface area contributed by atoms with Crippen LogP contribution in [0.25, 0.3) is 6.08 Å². The second-order valence-electron chi connectivity index (χ2n) is 3.45. The molecule has 1 N–H and O–H groups in total. The van der Waals surface area contributed by atoms with E-state index in [-0.39, 0.29) is 0 Å². The maximum Gasteiger partial charge on any atom is 0.380 e. The molecule has 1 aromatic rings. The van der Waals surface area contributed by atoms with Crippen molar-refractivity contribution in [1.29, 1.82) is 0 Å². The summed E-state index contributed by atoms with van der Waals surface area (Å²) < 4.78 is 0. The van der Waals surface area contributed by atoms with E-state index >= 15 is 0 Å². The maximum absolute atomic E-state index is 11.0. The van der Waals surface area contributed by atoms with Crippen molar-refractivity contribution in [1.82, 2.24) is 0 Å². The molecule has 1 aliphatic carbocycles. The second kappa shape index (κ2) is 4.53. The van der Waals surface area contributed by atoms with Crippen LogP contribution in [-0.4, -0.2) is 11.1 Å². The van der Waals surface area contributed by atoms with E-state index in [0.29, 0.717) is 5.92 Å². The molecular weight excluding hydrogens is 200 g/mol. The summed E-state index contributed by atoms with van der Waals surface area (Å²) in [6, 6.07) is 9.67. The standard InChI is InChI=1S/C14H10O2/c15-14(16)13-9-5-4-8-12(13)10-11-6-2-1-3-7-11/h1-10H/p+1. The fourth-order valence-electron chi connectivity index (χ4n) is 1.55. The first-order chi connectivity index (χ1) is 7.77. The van der Waals surface area contributed by atoms with Gasteiger partial charge < -0.3 is 5.11 Å². The van der Waals surface area contributed by atoms with Crippen LogP contribution in [-0.2, 0) is 4.79 Å². The van der Waals surface area contributed by atoms with Crippen molar-refractivity contribution in [3.8, 4) is 0 Å². The number of rotatable bonds is 2. The molecule has 2 heteroatoms. The van der Waals surface area contributed by atoms with Crippen LogP contribution in [0.1, 0.15) is 5.56 Å². The molecule has 0 fully saturated rings. The lowest BCUT2D eigenvalue weighted by molar-refractivity contribution is -0.133. The average molecular weight is 211 g/mol. The molecule has 16 heavy (non-hydrogen) atoms. The lowest BCUT2D eigenvalue weighted by Gasteiger charge is -2.04. The van der Waals surface area contributed by atoms with Gasteiger partial charge in [0.05, 0.1) is 0 Å². The van der Waals surface area contributed by atoms with Crippen LogP contribution in [0.2, 0.25) is 0 Å². The Morgan fingerprint density at radius 2 is 1.94 bits per heavy atom. The molecule has 0 radical (unpaired) electrons. The molecule has 0 spiro atoms. The molecule has 2 nitrogen and oxygen atoms in total. The first kappa shape index (κ1) is 10.3. The summed E-state index contributed by atoms with van der Waals surface area (Å²) in [4.78, 5) is 11.0. The van der Waals surface area contributed by atoms with Crippen LogP contribution in [0.5, 0.6) is 0 Å². The number of hydrogen-bond acceptors (Lipinski definition) is 1. The third-order valence-electron chi connectivity index (χ3n) is 2.31. The summed E-state index contributed by atoms with van der Waals surface area (Å²) in [6.45, 7) is 0. The van der Waals surface area contributed by atoms with E-state index in [1.54, 1.807) is 18.2 Å². The highest BCUT2D eigenvalue weighted by Crippen LogP contribution is 2.23. The van der Waals surface area contributed by atoms with Crippen LogP contribution < -0.4 is 0 Å². The number of carboxylic acids is 1. The van der Waals surface area contributed by atoms with E-state index in [4.69, 9.17) is 5.11 Å². The monoisotopic (exact) mass is 211 g/mol. The van der Waals surface area contributed by atoms with Crippen molar-refractivity contribution >= 4 is 12.0 Å². The SMILES string of the molecule is O=C(O)[C+]1C=CC=CC1=Cc1ccccc1. The van der Waals surface area contributed by atoms with Crippen molar-refractivity contribution in [3.05, 3.63) is 71.7 Å². The van der Waals surface area contributed by atoms with Gasteiger partial charge in [0, 0.05) is 35.9 Å². The van der Waals surface area contributed by atoms with Gasteiger partial charge in [-0.25, -0.2) is 4.79 Å². The summed E-state index contributed by atoms with van der Waals surface area (Å²) in [5.74, 6) is -0.575. The van der Waals surface area contributed by atoms with Crippen molar-refractivity contribution in [2.24, 2.45) is 0 Å². The zero-order valence-corrected chi connectivity index (χ0v) is 8.63. The third-order valence-corrected chi connectivity index (χ3v) is 2.31. The summed E-state index contributed by atoms with van der Waals surface area (Å²) >= 11 is 0. The normalized spacial score (nSPS) is 16.8. The number of allylic oxidation sites excluding steroid dienone is 3. The minimum Gasteiger partial charge on any atom is -0.470 e. The van der Waals surface area contributed by atoms with Crippen LogP contribution in [0.3, 0.4) is 0 Å². The molecule has 0 heterocycles. The van der Waals surface area contributed by atoms with Gasteiger partial charge in [-0.3, -0.25) is 0 Å². The second-order valence-corrected chi connectivity index (χ2v) is 3.45. The van der Waals surface area contributed by atoms with Gasteiger partial charge >= 0.3 is 5.97 Å². The Balaban J connectivity index is 2.32. The first-order valence-corrected chi connectivity index (χ1v) is 4.99. The van der Waals surface area contributed by atoms with Crippen molar-refractivity contribution < 1.29 is 9.90 Å². The van der Waals surface area contributed by atoms with Crippen molar-refractivity contribution in [3.63, 3.8) is 0 Å². The van der Waals surface area contributed by atoms with Gasteiger partial charge in [-0.15, -0.1) is 0 Å². The zero-order valence-electron chi connectivity index (χ0n) is 8.63. The van der Waals surface area contributed by atoms with Gasteiger partial charge in [-0.2, -0.15) is 0 Å². The third kappa shape index (κ3) is 2.23. The highest BCUT2D eigenvalue weighted by molar-refractivity contribution is 5.94. The Morgan fingerprint density at radius 1 is 1.19 bits per heavy atom. The smallest absolute Gasteiger partial charge is 0.380 e. The fourth-order valence-corrected chi connectivity index (χ4v) is 1.55. The Bertz CT molecular complexity index is 467. The number of benzene rings is 1. The van der Waals surface area contributed by atoms with Gasteiger partial charge in [0.1, 0.15) is 5.57 Å². The molecule has 0 unspecified atom stereocenters. The predicted octanol–water partition coefficient (Wildman–Crippen LogP) is 2.86. The van der Waals surface area contributed by atoms with E-state index in [2.05, 4.69) is 0 Å². The number of aliphatic carboxylic acids is 1. The Morgan fingerprint density at radius 3 is 2.62 bits per heavy atom. The first-order valence-electron chi connectivity index (χ1n) is 4.99. The average Bonchev–Trinajstić information content (AvgIpc) is 2.31. The van der Waals surface area contributed by atoms with Crippen LogP contribution in [0.15, 0.2) is 60.2 Å². The van der Waals surface area contributed by atoms with E-state index in [9.17, 15) is 4.79 Å². The van der Waals surface area contributed by atoms with Crippen molar-refractivity contribution in [2.75, 3.05) is 0 Å². The molecule has 0 bridgehead atoms. The Kier molecular flexibility index (Phi) is 2.92. The molecule has 1 aromatic carbocycles. The topological polar surface area (TPSA) is 37.3 Å². The van der Waals surface area contributed by atoms with Crippen LogP contribution >= 0.6 is 0 Å². The zero-order chi connectivity index (χ0) is 11.4. The van der Waals surface area contributed by atoms with Gasteiger partial charge in [0.2, 0.25) is 0 Å². The minimum atomic E-state index is -0.900. The predicted molar refractivity (Wildman–Crippen MR) is 63.6 cm³/mol. The Hall–Kier alpha value is -2.22. The molecule has 0 saturated carbocycles. The maximum atomic E-state index is 11.0. The largest absolute Gasteiger partial charge is 0.470 e. The van der Waals surface area contributed by atoms with Gasteiger partial charge in [-0.05, 0) is 12.1 Å². The summed E-state index contributed by atoms with van der Waals surface area (Å²) in [5, 5.41) is 9.02. The van der Waals surface area contributed by atoms with E-state index < -0.39 is 5.97 Å². The number of carbonyl (C=O) groups is 1. The quantitative estimate of drug-likeness (QED) is 0.764. The molecule has 0 aromatic heterocycles. The molecule has 1 aliphatic rings. The number of carboxylic acid groups (broad SMARTS) is 1. The highest BCUT2D eigenvalue weighted by atomic mass is 16.4. The van der Waals surface area contributed by atoms with E-state index in [0.717, 1.165) is 11.1 Å². The van der Waals surface area contributed by atoms with Gasteiger partial charge in [0.25, 0.3) is 0 Å².